The van der Waals surface area contributed by atoms with Crippen molar-refractivity contribution in [2.24, 2.45) is 4.99 Å². The second kappa shape index (κ2) is 5.10. The summed E-state index contributed by atoms with van der Waals surface area (Å²) in [6, 6.07) is 5.57. The number of nitrogens with zero attached hydrogens (tertiary/aromatic N) is 1. The summed E-state index contributed by atoms with van der Waals surface area (Å²) in [6.07, 6.45) is 0. The quantitative estimate of drug-likeness (QED) is 0.884. The van der Waals surface area contributed by atoms with Crippen molar-refractivity contribution in [3.8, 4) is 0 Å². The minimum Gasteiger partial charge on any atom is -0.363 e. The minimum atomic E-state index is 0.671. The Morgan fingerprint density at radius 1 is 1.40 bits per heavy atom. The molecule has 15 heavy (non-hydrogen) atoms. The number of aliphatic imine (C=N–C) groups is 1. The van der Waals surface area contributed by atoms with Crippen molar-refractivity contribution < 1.29 is 0 Å². The molecular weight excluding hydrogens is 251 g/mol. The number of thioether (sulfide) groups is 1. The highest BCUT2D eigenvalue weighted by atomic mass is 35.5. The van der Waals surface area contributed by atoms with E-state index < -0.39 is 0 Å². The van der Waals surface area contributed by atoms with Crippen LogP contribution in [0.4, 0.5) is 0 Å². The van der Waals surface area contributed by atoms with E-state index in [9.17, 15) is 0 Å². The first-order chi connectivity index (χ1) is 7.25. The summed E-state index contributed by atoms with van der Waals surface area (Å²) in [5.41, 5.74) is 1.09. The van der Waals surface area contributed by atoms with Crippen molar-refractivity contribution in [3.63, 3.8) is 0 Å². The van der Waals surface area contributed by atoms with Gasteiger partial charge in [-0.15, -0.1) is 0 Å². The van der Waals surface area contributed by atoms with E-state index >= 15 is 0 Å². The lowest BCUT2D eigenvalue weighted by atomic mass is 10.2. The van der Waals surface area contributed by atoms with Crippen LogP contribution >= 0.6 is 35.0 Å². The van der Waals surface area contributed by atoms with Gasteiger partial charge >= 0.3 is 0 Å². The molecule has 0 atom stereocenters. The molecule has 0 aromatic heterocycles. The number of hydrogen-bond donors (Lipinski definition) is 1. The molecule has 0 saturated carbocycles. The van der Waals surface area contributed by atoms with Crippen LogP contribution in [0.25, 0.3) is 0 Å². The summed E-state index contributed by atoms with van der Waals surface area (Å²) in [5.74, 6) is 0.821. The third-order valence-electron chi connectivity index (χ3n) is 2.02. The zero-order valence-corrected chi connectivity index (χ0v) is 10.3. The van der Waals surface area contributed by atoms with Gasteiger partial charge in [0.05, 0.1) is 6.54 Å². The Kier molecular flexibility index (Phi) is 3.78. The maximum atomic E-state index is 6.06. The van der Waals surface area contributed by atoms with Gasteiger partial charge in [-0.25, -0.2) is 0 Å². The lowest BCUT2D eigenvalue weighted by Crippen LogP contribution is -2.15. The molecular formula is C10H10Cl2N2S. The molecule has 0 radical (unpaired) electrons. The molecule has 1 aromatic carbocycles. The van der Waals surface area contributed by atoms with Crippen LogP contribution in [0.15, 0.2) is 23.2 Å². The van der Waals surface area contributed by atoms with E-state index in [0.717, 1.165) is 29.6 Å². The summed E-state index contributed by atoms with van der Waals surface area (Å²) in [4.78, 5) is 4.30. The van der Waals surface area contributed by atoms with E-state index in [-0.39, 0.29) is 0 Å². The standard InChI is InChI=1S/C10H10Cl2N2S/c11-8-2-1-7(9(12)5-8)6-15-10-13-3-4-14-10/h1-2,5H,3-4,6H2,(H,13,14). The average Bonchev–Trinajstić information content (AvgIpc) is 2.69. The zero-order chi connectivity index (χ0) is 10.7. The van der Waals surface area contributed by atoms with Gasteiger partial charge in [-0.3, -0.25) is 4.99 Å². The maximum Gasteiger partial charge on any atom is 0.157 e. The summed E-state index contributed by atoms with van der Waals surface area (Å²) in [5, 5.41) is 5.59. The summed E-state index contributed by atoms with van der Waals surface area (Å²) >= 11 is 13.5. The van der Waals surface area contributed by atoms with Crippen molar-refractivity contribution >= 4 is 40.1 Å². The second-order valence-electron chi connectivity index (χ2n) is 3.14. The highest BCUT2D eigenvalue weighted by Gasteiger charge is 2.07. The van der Waals surface area contributed by atoms with Gasteiger partial charge in [0.2, 0.25) is 0 Å². The Morgan fingerprint density at radius 2 is 2.27 bits per heavy atom. The van der Waals surface area contributed by atoms with E-state index in [2.05, 4.69) is 10.3 Å². The third-order valence-corrected chi connectivity index (χ3v) is 3.61. The fourth-order valence-corrected chi connectivity index (χ4v) is 2.74. The highest BCUT2D eigenvalue weighted by Crippen LogP contribution is 2.25. The minimum absolute atomic E-state index is 0.671. The smallest absolute Gasteiger partial charge is 0.157 e. The van der Waals surface area contributed by atoms with Crippen LogP contribution in [0.5, 0.6) is 0 Å². The predicted octanol–water partition coefficient (Wildman–Crippen LogP) is 3.19. The predicted molar refractivity (Wildman–Crippen MR) is 68.1 cm³/mol. The SMILES string of the molecule is Clc1ccc(CSC2=NCCN2)c(Cl)c1. The molecule has 1 aliphatic rings. The van der Waals surface area contributed by atoms with Crippen LogP contribution in [0, 0.1) is 0 Å². The van der Waals surface area contributed by atoms with Gasteiger partial charge in [0.25, 0.3) is 0 Å². The number of benzene rings is 1. The number of halogens is 2. The summed E-state index contributed by atoms with van der Waals surface area (Å²) in [6.45, 7) is 1.81. The summed E-state index contributed by atoms with van der Waals surface area (Å²) in [7, 11) is 0. The highest BCUT2D eigenvalue weighted by molar-refractivity contribution is 8.13. The fourth-order valence-electron chi connectivity index (χ4n) is 1.26. The van der Waals surface area contributed by atoms with E-state index in [1.54, 1.807) is 17.8 Å². The van der Waals surface area contributed by atoms with Gasteiger partial charge < -0.3 is 5.32 Å². The Hall–Kier alpha value is -0.380. The molecule has 80 valence electrons. The van der Waals surface area contributed by atoms with Crippen LogP contribution in [0.2, 0.25) is 10.0 Å². The topological polar surface area (TPSA) is 24.4 Å². The van der Waals surface area contributed by atoms with E-state index in [1.807, 2.05) is 12.1 Å². The molecule has 0 amide bonds. The van der Waals surface area contributed by atoms with E-state index in [1.165, 1.54) is 0 Å². The van der Waals surface area contributed by atoms with Crippen molar-refractivity contribution in [3.05, 3.63) is 33.8 Å². The first-order valence-corrected chi connectivity index (χ1v) is 6.35. The Labute approximate surface area is 103 Å². The molecule has 1 N–H and O–H groups in total. The number of nitrogens with one attached hydrogen (secondary N) is 1. The van der Waals surface area contributed by atoms with Crippen LogP contribution in [0.3, 0.4) is 0 Å². The van der Waals surface area contributed by atoms with Gasteiger partial charge in [-0.1, -0.05) is 41.0 Å². The van der Waals surface area contributed by atoms with E-state index in [4.69, 9.17) is 23.2 Å². The number of amidine groups is 1. The molecule has 0 aliphatic carbocycles. The molecule has 1 aliphatic heterocycles. The average molecular weight is 261 g/mol. The molecule has 0 unspecified atom stereocenters. The lowest BCUT2D eigenvalue weighted by Gasteiger charge is -2.04. The lowest BCUT2D eigenvalue weighted by molar-refractivity contribution is 0.963. The molecule has 0 bridgehead atoms. The first-order valence-electron chi connectivity index (χ1n) is 4.61. The van der Waals surface area contributed by atoms with Gasteiger partial charge in [0, 0.05) is 22.3 Å². The van der Waals surface area contributed by atoms with Crippen LogP contribution in [-0.2, 0) is 5.75 Å². The van der Waals surface area contributed by atoms with Gasteiger partial charge in [0.15, 0.2) is 5.17 Å². The molecule has 2 nitrogen and oxygen atoms in total. The fraction of sp³-hybridized carbons (Fsp3) is 0.300. The normalized spacial score (nSPS) is 14.9. The Morgan fingerprint density at radius 3 is 2.93 bits per heavy atom. The van der Waals surface area contributed by atoms with E-state index in [0.29, 0.717) is 10.0 Å². The second-order valence-corrected chi connectivity index (χ2v) is 4.95. The molecule has 0 spiro atoms. The van der Waals surface area contributed by atoms with Gasteiger partial charge in [0.1, 0.15) is 0 Å². The van der Waals surface area contributed by atoms with Gasteiger partial charge in [-0.2, -0.15) is 0 Å². The van der Waals surface area contributed by atoms with Crippen LogP contribution in [0.1, 0.15) is 5.56 Å². The molecule has 0 saturated heterocycles. The number of rotatable bonds is 2. The van der Waals surface area contributed by atoms with Gasteiger partial charge in [-0.05, 0) is 17.7 Å². The van der Waals surface area contributed by atoms with Crippen molar-refractivity contribution in [2.45, 2.75) is 5.75 Å². The molecule has 1 heterocycles. The maximum absolute atomic E-state index is 6.06. The first kappa shape index (κ1) is 11.1. The molecule has 0 fully saturated rings. The Balaban J connectivity index is 1.98. The molecule has 1 aromatic rings. The van der Waals surface area contributed by atoms with Crippen molar-refractivity contribution in [1.29, 1.82) is 0 Å². The Bertz CT molecular complexity index is 393. The van der Waals surface area contributed by atoms with Crippen LogP contribution in [-0.4, -0.2) is 18.3 Å². The monoisotopic (exact) mass is 260 g/mol. The van der Waals surface area contributed by atoms with Crippen molar-refractivity contribution in [1.82, 2.24) is 5.32 Å². The zero-order valence-electron chi connectivity index (χ0n) is 7.96. The molecule has 5 heteroatoms. The van der Waals surface area contributed by atoms with Crippen LogP contribution < -0.4 is 5.32 Å². The molecule has 2 rings (SSSR count). The largest absolute Gasteiger partial charge is 0.363 e. The van der Waals surface area contributed by atoms with Crippen molar-refractivity contribution in [2.75, 3.05) is 13.1 Å². The summed E-state index contributed by atoms with van der Waals surface area (Å²) < 4.78 is 0. The number of hydrogen-bond acceptors (Lipinski definition) is 3. The third kappa shape index (κ3) is 3.03.